The summed E-state index contributed by atoms with van der Waals surface area (Å²) < 4.78 is 48.3. The van der Waals surface area contributed by atoms with Crippen LogP contribution in [-0.4, -0.2) is 44.1 Å². The Balaban J connectivity index is 0.00000242. The number of fused-ring (bicyclic) bond motifs is 1. The first-order chi connectivity index (χ1) is 9.88. The second kappa shape index (κ2) is 8.86. The maximum absolute atomic E-state index is 11.2. The Labute approximate surface area is 158 Å². The minimum atomic E-state index is -4.04. The summed E-state index contributed by atoms with van der Waals surface area (Å²) in [6.45, 7) is 4.50. The molecule has 0 radical (unpaired) electrons. The molecule has 2 rings (SSSR count). The summed E-state index contributed by atoms with van der Waals surface area (Å²) in [6, 6.07) is 0. The molecule has 0 saturated carbocycles. The van der Waals surface area contributed by atoms with Crippen LogP contribution in [0.2, 0.25) is 0 Å². The van der Waals surface area contributed by atoms with Crippen molar-refractivity contribution in [1.82, 2.24) is 0 Å². The second-order valence-electron chi connectivity index (χ2n) is 5.31. The zero-order valence-corrected chi connectivity index (χ0v) is 16.7. The van der Waals surface area contributed by atoms with Gasteiger partial charge < -0.3 is 15.6 Å². The van der Waals surface area contributed by atoms with E-state index in [0.717, 1.165) is 11.5 Å². The average molecular weight is 360 g/mol. The predicted octanol–water partition coefficient (Wildman–Crippen LogP) is -0.676. The van der Waals surface area contributed by atoms with Crippen molar-refractivity contribution in [2.45, 2.75) is 31.6 Å². The Morgan fingerprint density at radius 3 is 2.77 bits per heavy atom. The molecule has 0 spiro atoms. The number of rotatable bonds is 7. The zero-order valence-electron chi connectivity index (χ0n) is 14.0. The van der Waals surface area contributed by atoms with E-state index >= 15 is 0 Å². The summed E-state index contributed by atoms with van der Waals surface area (Å²) in [5.74, 6) is 1.31. The molecule has 0 amide bonds. The Morgan fingerprint density at radius 1 is 1.45 bits per heavy atom. The van der Waals surface area contributed by atoms with Gasteiger partial charge in [0.15, 0.2) is 17.6 Å². The van der Waals surface area contributed by atoms with Gasteiger partial charge in [-0.2, -0.15) is 8.42 Å². The molecule has 1 aromatic rings. The van der Waals surface area contributed by atoms with Crippen LogP contribution in [-0.2, 0) is 14.9 Å². The first kappa shape index (κ1) is 20.2. The number of ether oxygens (including phenoxy) is 3. The predicted molar refractivity (Wildman–Crippen MR) is 81.0 cm³/mol. The van der Waals surface area contributed by atoms with Crippen LogP contribution in [0.4, 0.5) is 0 Å². The molecule has 6 nitrogen and oxygen atoms in total. The molecule has 0 bridgehead atoms. The van der Waals surface area contributed by atoms with Gasteiger partial charge in [0.2, 0.25) is 0 Å². The maximum atomic E-state index is 11.2. The summed E-state index contributed by atoms with van der Waals surface area (Å²) in [6.07, 6.45) is 0.0590. The fourth-order valence-corrected chi connectivity index (χ4v) is 3.94. The zero-order chi connectivity index (χ0) is 15.5. The molecular formula is C13H21NaO6S2. The van der Waals surface area contributed by atoms with Crippen LogP contribution in [0.1, 0.15) is 21.7 Å². The summed E-state index contributed by atoms with van der Waals surface area (Å²) in [7, 11) is -4.04. The van der Waals surface area contributed by atoms with Crippen molar-refractivity contribution in [3.8, 4) is 11.5 Å². The number of thiophene rings is 1. The van der Waals surface area contributed by atoms with Gasteiger partial charge in [0.25, 0.3) is 10.1 Å². The van der Waals surface area contributed by atoms with Crippen LogP contribution in [0.25, 0.3) is 0 Å². The Morgan fingerprint density at radius 2 is 2.14 bits per heavy atom. The SMILES string of the molecule is CC(C)C(CCOCC1COc2cscc2O1)S(=O)(=O)O.[H-].[Na+]. The van der Waals surface area contributed by atoms with Crippen molar-refractivity contribution in [2.75, 3.05) is 19.8 Å². The van der Waals surface area contributed by atoms with E-state index < -0.39 is 15.4 Å². The van der Waals surface area contributed by atoms with E-state index in [-0.39, 0.29) is 56.0 Å². The fraction of sp³-hybridized carbons (Fsp3) is 0.692. The van der Waals surface area contributed by atoms with Gasteiger partial charge in [0.1, 0.15) is 6.61 Å². The van der Waals surface area contributed by atoms with Crippen molar-refractivity contribution in [3.63, 3.8) is 0 Å². The molecule has 1 aliphatic heterocycles. The molecular weight excluding hydrogens is 339 g/mol. The van der Waals surface area contributed by atoms with Gasteiger partial charge in [-0.05, 0) is 12.3 Å². The first-order valence-corrected chi connectivity index (χ1v) is 9.22. The molecule has 0 aliphatic carbocycles. The first-order valence-electron chi connectivity index (χ1n) is 6.77. The van der Waals surface area contributed by atoms with E-state index in [0.29, 0.717) is 13.2 Å². The monoisotopic (exact) mass is 360 g/mol. The minimum absolute atomic E-state index is 0. The molecule has 0 saturated heterocycles. The third kappa shape index (κ3) is 5.67. The van der Waals surface area contributed by atoms with Crippen molar-refractivity contribution in [1.29, 1.82) is 0 Å². The van der Waals surface area contributed by atoms with E-state index in [1.807, 2.05) is 10.8 Å². The summed E-state index contributed by atoms with van der Waals surface area (Å²) in [5.41, 5.74) is 0. The number of hydrogen-bond donors (Lipinski definition) is 1. The van der Waals surface area contributed by atoms with Gasteiger partial charge in [0.05, 0.1) is 11.9 Å². The van der Waals surface area contributed by atoms with Crippen LogP contribution in [0.15, 0.2) is 10.8 Å². The molecule has 2 atom stereocenters. The molecule has 9 heteroatoms. The molecule has 122 valence electrons. The van der Waals surface area contributed by atoms with Crippen LogP contribution in [0.3, 0.4) is 0 Å². The summed E-state index contributed by atoms with van der Waals surface area (Å²) >= 11 is 1.51. The Kier molecular flexibility index (Phi) is 8.15. The van der Waals surface area contributed by atoms with Gasteiger partial charge >= 0.3 is 29.6 Å². The van der Waals surface area contributed by atoms with E-state index in [1.54, 1.807) is 13.8 Å². The Bertz CT molecular complexity index is 563. The fourth-order valence-electron chi connectivity index (χ4n) is 2.18. The van der Waals surface area contributed by atoms with Crippen LogP contribution in [0, 0.1) is 5.92 Å². The molecule has 0 aromatic carbocycles. The van der Waals surface area contributed by atoms with Gasteiger partial charge in [-0.1, -0.05) is 13.8 Å². The molecule has 0 fully saturated rings. The van der Waals surface area contributed by atoms with E-state index in [4.69, 9.17) is 18.8 Å². The van der Waals surface area contributed by atoms with Crippen LogP contribution >= 0.6 is 11.3 Å². The molecule has 1 aromatic heterocycles. The molecule has 2 heterocycles. The average Bonchev–Trinajstić information content (AvgIpc) is 2.83. The topological polar surface area (TPSA) is 82.1 Å². The van der Waals surface area contributed by atoms with Crippen molar-refractivity contribution < 1.29 is 58.2 Å². The smallest absolute Gasteiger partial charge is 1.00 e. The van der Waals surface area contributed by atoms with Gasteiger partial charge in [-0.3, -0.25) is 4.55 Å². The standard InChI is InChI=1S/C13H20O6S2.Na.H/c1-9(2)13(21(14,15)16)3-4-17-5-10-6-18-11-7-20-8-12(11)19-10;;/h7-10,13H,3-6H2,1-2H3,(H,14,15,16);;/q;+1;-1. The van der Waals surface area contributed by atoms with E-state index in [1.165, 1.54) is 11.3 Å². The normalized spacial score (nSPS) is 18.8. The minimum Gasteiger partial charge on any atom is -1.00 e. The van der Waals surface area contributed by atoms with Gasteiger partial charge in [0, 0.05) is 17.4 Å². The molecule has 1 aliphatic rings. The van der Waals surface area contributed by atoms with Crippen molar-refractivity contribution in [2.24, 2.45) is 5.92 Å². The third-order valence-electron chi connectivity index (χ3n) is 3.29. The number of hydrogen-bond acceptors (Lipinski definition) is 6. The third-order valence-corrected chi connectivity index (χ3v) is 5.53. The molecule has 22 heavy (non-hydrogen) atoms. The Hall–Kier alpha value is 0.170. The van der Waals surface area contributed by atoms with Crippen molar-refractivity contribution >= 4 is 21.5 Å². The summed E-state index contributed by atoms with van der Waals surface area (Å²) in [4.78, 5) is 0. The van der Waals surface area contributed by atoms with Gasteiger partial charge in [-0.25, -0.2) is 0 Å². The summed E-state index contributed by atoms with van der Waals surface area (Å²) in [5, 5.41) is 2.95. The largest absolute Gasteiger partial charge is 1.00 e. The van der Waals surface area contributed by atoms with Crippen LogP contribution < -0.4 is 39.0 Å². The van der Waals surface area contributed by atoms with Gasteiger partial charge in [-0.15, -0.1) is 11.3 Å². The van der Waals surface area contributed by atoms with Crippen LogP contribution in [0.5, 0.6) is 11.5 Å². The molecule has 2 unspecified atom stereocenters. The molecule has 1 N–H and O–H groups in total. The maximum Gasteiger partial charge on any atom is 1.00 e. The second-order valence-corrected chi connectivity index (χ2v) is 7.69. The quantitative estimate of drug-likeness (QED) is 0.394. The van der Waals surface area contributed by atoms with E-state index in [2.05, 4.69) is 0 Å². The van der Waals surface area contributed by atoms with Crippen molar-refractivity contribution in [3.05, 3.63) is 10.8 Å². The van der Waals surface area contributed by atoms with E-state index in [9.17, 15) is 8.42 Å².